The Bertz CT molecular complexity index is 1200. The van der Waals surface area contributed by atoms with E-state index >= 15 is 8.78 Å². The van der Waals surface area contributed by atoms with Crippen LogP contribution in [0.1, 0.15) is 49.9 Å². The summed E-state index contributed by atoms with van der Waals surface area (Å²) in [7, 11) is -10.0. The van der Waals surface area contributed by atoms with Crippen LogP contribution < -0.4 is 5.32 Å². The Morgan fingerprint density at radius 3 is 2.15 bits per heavy atom. The van der Waals surface area contributed by atoms with Crippen LogP contribution in [0.3, 0.4) is 0 Å². The highest BCUT2D eigenvalue weighted by atomic mass is 32.5. The van der Waals surface area contributed by atoms with Crippen LogP contribution in [0.15, 0.2) is 35.2 Å². The number of alkyl halides is 2. The molecule has 2 aromatic carbocycles. The van der Waals surface area contributed by atoms with Crippen LogP contribution >= 0.6 is 10.2 Å². The van der Waals surface area contributed by atoms with Crippen LogP contribution in [0.2, 0.25) is 0 Å². The summed E-state index contributed by atoms with van der Waals surface area (Å²) < 4.78 is 126. The van der Waals surface area contributed by atoms with E-state index in [2.05, 4.69) is 5.32 Å². The summed E-state index contributed by atoms with van der Waals surface area (Å²) in [5, 5.41) is 3.01. The number of nitrogens with zero attached hydrogens (tertiary/aromatic N) is 2. The number of hydrogen-bond donors (Lipinski definition) is 1. The Labute approximate surface area is 222 Å². The fourth-order valence-corrected chi connectivity index (χ4v) is 6.12. The molecular formula is C26H32F9N3S. The van der Waals surface area contributed by atoms with Gasteiger partial charge in [0.25, 0.3) is 0 Å². The van der Waals surface area contributed by atoms with Gasteiger partial charge in [0.05, 0.1) is 18.8 Å². The molecule has 2 aliphatic rings. The van der Waals surface area contributed by atoms with Gasteiger partial charge >= 0.3 is 10.2 Å². The van der Waals surface area contributed by atoms with Gasteiger partial charge < -0.3 is 5.32 Å². The van der Waals surface area contributed by atoms with Crippen molar-refractivity contribution >= 4 is 15.9 Å². The van der Waals surface area contributed by atoms with E-state index in [1.54, 1.807) is 6.92 Å². The molecule has 1 fully saturated rings. The maximum absolute atomic E-state index is 15.6. The summed E-state index contributed by atoms with van der Waals surface area (Å²) in [6, 6.07) is 1.32. The molecule has 1 saturated heterocycles. The smallest absolute Gasteiger partial charge is 0.310 e. The molecule has 0 amide bonds. The number of rotatable bonds is 9. The van der Waals surface area contributed by atoms with Crippen molar-refractivity contribution < 1.29 is 37.0 Å². The predicted molar refractivity (Wildman–Crippen MR) is 136 cm³/mol. The summed E-state index contributed by atoms with van der Waals surface area (Å²) in [5.74, 6) is -2.01. The topological polar surface area (TPSA) is 18.5 Å². The quantitative estimate of drug-likeness (QED) is 0.298. The Hall–Kier alpha value is -2.12. The van der Waals surface area contributed by atoms with E-state index in [4.69, 9.17) is 0 Å². The zero-order valence-corrected chi connectivity index (χ0v) is 22.6. The highest BCUT2D eigenvalue weighted by Crippen LogP contribution is 3.02. The number of fused-ring (bicyclic) bond motifs is 1. The van der Waals surface area contributed by atoms with E-state index in [1.807, 2.05) is 4.90 Å². The van der Waals surface area contributed by atoms with Gasteiger partial charge in [0.1, 0.15) is 22.2 Å². The molecule has 2 aliphatic heterocycles. The first-order valence-electron chi connectivity index (χ1n) is 12.6. The molecule has 4 rings (SSSR count). The van der Waals surface area contributed by atoms with Gasteiger partial charge in [-0.3, -0.25) is 14.2 Å². The minimum Gasteiger partial charge on any atom is -0.380 e. The SMILES string of the molecule is C[C@@H]1Cc2cc(S(F)(F)(F)(F)F)ccc2[C@@H](c2c(F)cc(NC3CN(CCCF)C3)cc2F)N1CC(C)(C)F. The first kappa shape index (κ1) is 29.9. The summed E-state index contributed by atoms with van der Waals surface area (Å²) >= 11 is 0. The molecule has 2 aromatic rings. The molecule has 13 heteroatoms. The highest BCUT2D eigenvalue weighted by molar-refractivity contribution is 8.45. The number of anilines is 1. The average molecular weight is 590 g/mol. The molecule has 0 bridgehead atoms. The minimum atomic E-state index is -10.0. The minimum absolute atomic E-state index is 0.00366. The number of hydrogen-bond acceptors (Lipinski definition) is 3. The van der Waals surface area contributed by atoms with Crippen molar-refractivity contribution in [3.05, 3.63) is 58.7 Å². The van der Waals surface area contributed by atoms with Crippen molar-refractivity contribution in [2.24, 2.45) is 0 Å². The van der Waals surface area contributed by atoms with E-state index in [0.717, 1.165) is 18.2 Å². The molecule has 0 aromatic heterocycles. The van der Waals surface area contributed by atoms with Crippen molar-refractivity contribution in [3.8, 4) is 0 Å². The Balaban J connectivity index is 1.72. The number of benzene rings is 2. The second-order valence-electron chi connectivity index (χ2n) is 11.2. The maximum atomic E-state index is 15.6. The second-order valence-corrected chi connectivity index (χ2v) is 13.6. The van der Waals surface area contributed by atoms with Crippen molar-refractivity contribution in [2.75, 3.05) is 38.2 Å². The summed E-state index contributed by atoms with van der Waals surface area (Å²) in [6.45, 7) is 5.02. The summed E-state index contributed by atoms with van der Waals surface area (Å²) in [5.41, 5.74) is -2.32. The molecule has 2 atom stereocenters. The number of nitrogens with one attached hydrogen (secondary N) is 1. The van der Waals surface area contributed by atoms with Crippen molar-refractivity contribution in [3.63, 3.8) is 0 Å². The van der Waals surface area contributed by atoms with Gasteiger partial charge in [0.15, 0.2) is 0 Å². The fourth-order valence-electron chi connectivity index (χ4n) is 5.43. The van der Waals surface area contributed by atoms with Gasteiger partial charge in [-0.2, -0.15) is 0 Å². The molecule has 2 heterocycles. The third-order valence-corrected chi connectivity index (χ3v) is 8.26. The first-order valence-corrected chi connectivity index (χ1v) is 14.6. The molecule has 3 nitrogen and oxygen atoms in total. The molecule has 0 aliphatic carbocycles. The lowest BCUT2D eigenvalue weighted by Crippen LogP contribution is -2.54. The average Bonchev–Trinajstić information content (AvgIpc) is 2.74. The molecule has 0 spiro atoms. The van der Waals surface area contributed by atoms with Crippen LogP contribution in [0.4, 0.5) is 42.7 Å². The lowest BCUT2D eigenvalue weighted by atomic mass is 9.84. The largest absolute Gasteiger partial charge is 0.380 e. The predicted octanol–water partition coefficient (Wildman–Crippen LogP) is 8.16. The Morgan fingerprint density at radius 2 is 1.62 bits per heavy atom. The molecule has 39 heavy (non-hydrogen) atoms. The van der Waals surface area contributed by atoms with Gasteiger partial charge in [-0.15, -0.1) is 0 Å². The number of likely N-dealkylation sites (tertiary alicyclic amines) is 1. The lowest BCUT2D eigenvalue weighted by molar-refractivity contribution is 0.0652. The fraction of sp³-hybridized carbons (Fsp3) is 0.538. The zero-order chi connectivity index (χ0) is 29.0. The maximum Gasteiger partial charge on any atom is 0.310 e. The molecule has 220 valence electrons. The van der Waals surface area contributed by atoms with Crippen molar-refractivity contribution in [1.29, 1.82) is 0 Å². The van der Waals surface area contributed by atoms with Crippen LogP contribution in [-0.2, 0) is 6.42 Å². The van der Waals surface area contributed by atoms with Gasteiger partial charge in [0.2, 0.25) is 0 Å². The van der Waals surface area contributed by atoms with E-state index in [1.165, 1.54) is 18.7 Å². The van der Waals surface area contributed by atoms with E-state index < -0.39 is 56.7 Å². The standard InChI is InChI=1S/C26H32F9N3S/c1-16-9-17-10-20(39(31,32,33,34)35)5-6-21(17)25(38(16)15-26(2,3)30)24-22(28)11-18(12-23(24)29)36-19-13-37(14-19)8-4-7-27/h5-6,10-12,16,19,25,36H,4,7-9,13-15H2,1-3H3/t16-,25+/m1/s1. The second kappa shape index (κ2) is 9.47. The molecular weight excluding hydrogens is 557 g/mol. The Kier molecular flexibility index (Phi) is 7.25. The van der Waals surface area contributed by atoms with E-state index in [9.17, 15) is 28.2 Å². The molecule has 1 N–H and O–H groups in total. The Morgan fingerprint density at radius 1 is 1.00 bits per heavy atom. The van der Waals surface area contributed by atoms with Crippen molar-refractivity contribution in [2.45, 2.75) is 62.3 Å². The van der Waals surface area contributed by atoms with Crippen LogP contribution in [0.5, 0.6) is 0 Å². The summed E-state index contributed by atoms with van der Waals surface area (Å²) in [6.07, 6.45) is 0.245. The van der Waals surface area contributed by atoms with Gasteiger partial charge in [-0.1, -0.05) is 25.5 Å². The van der Waals surface area contributed by atoms with E-state index in [-0.39, 0.29) is 41.9 Å². The number of halogens is 9. The van der Waals surface area contributed by atoms with Crippen LogP contribution in [0.25, 0.3) is 0 Å². The molecule has 0 saturated carbocycles. The molecule has 0 unspecified atom stereocenters. The van der Waals surface area contributed by atoms with Crippen LogP contribution in [-0.4, -0.2) is 60.4 Å². The van der Waals surface area contributed by atoms with Gasteiger partial charge in [0, 0.05) is 43.5 Å². The molecule has 0 radical (unpaired) electrons. The zero-order valence-electron chi connectivity index (χ0n) is 21.8. The summed E-state index contributed by atoms with van der Waals surface area (Å²) in [4.78, 5) is 1.35. The lowest BCUT2D eigenvalue weighted by Gasteiger charge is -2.45. The van der Waals surface area contributed by atoms with Crippen molar-refractivity contribution in [1.82, 2.24) is 9.80 Å². The first-order chi connectivity index (χ1) is 17.8. The van der Waals surface area contributed by atoms with Crippen LogP contribution in [0, 0.1) is 11.6 Å². The van der Waals surface area contributed by atoms with Gasteiger partial charge in [-0.05, 0) is 69.0 Å². The van der Waals surface area contributed by atoms with Gasteiger partial charge in [-0.25, -0.2) is 13.2 Å². The normalized spacial score (nSPS) is 23.1. The third-order valence-electron chi connectivity index (χ3n) is 7.11. The third kappa shape index (κ3) is 6.79. The highest BCUT2D eigenvalue weighted by Gasteiger charge is 2.65. The van der Waals surface area contributed by atoms with E-state index in [0.29, 0.717) is 32.1 Å². The monoisotopic (exact) mass is 589 g/mol.